The average molecular weight is 253 g/mol. The first-order valence-electron chi connectivity index (χ1n) is 7.76. The van der Waals surface area contributed by atoms with Gasteiger partial charge in [-0.2, -0.15) is 0 Å². The zero-order valence-electron chi connectivity index (χ0n) is 12.7. The molecular formula is C15H31N3. The second-order valence-corrected chi connectivity index (χ2v) is 6.49. The van der Waals surface area contributed by atoms with Gasteiger partial charge < -0.3 is 9.80 Å². The van der Waals surface area contributed by atoms with Crippen LogP contribution >= 0.6 is 0 Å². The summed E-state index contributed by atoms with van der Waals surface area (Å²) in [7, 11) is 2.25. The van der Waals surface area contributed by atoms with Crippen molar-refractivity contribution in [2.24, 2.45) is 5.92 Å². The van der Waals surface area contributed by atoms with Gasteiger partial charge in [0.1, 0.15) is 0 Å². The van der Waals surface area contributed by atoms with Crippen LogP contribution in [0.2, 0.25) is 0 Å². The molecule has 2 unspecified atom stereocenters. The molecular weight excluding hydrogens is 222 g/mol. The van der Waals surface area contributed by atoms with Crippen molar-refractivity contribution in [1.29, 1.82) is 0 Å². The third kappa shape index (κ3) is 3.46. The second kappa shape index (κ2) is 6.36. The topological polar surface area (TPSA) is 9.72 Å². The summed E-state index contributed by atoms with van der Waals surface area (Å²) in [5, 5.41) is 0. The number of piperazine rings is 1. The Morgan fingerprint density at radius 2 is 1.56 bits per heavy atom. The van der Waals surface area contributed by atoms with Crippen LogP contribution in [-0.2, 0) is 0 Å². The summed E-state index contributed by atoms with van der Waals surface area (Å²) in [6, 6.07) is 1.45. The van der Waals surface area contributed by atoms with Gasteiger partial charge in [-0.3, -0.25) is 4.90 Å². The molecule has 0 aromatic heterocycles. The molecule has 2 aliphatic heterocycles. The normalized spacial score (nSPS) is 34.0. The summed E-state index contributed by atoms with van der Waals surface area (Å²) in [6.45, 7) is 14.7. The number of hydrogen-bond acceptors (Lipinski definition) is 3. The second-order valence-electron chi connectivity index (χ2n) is 6.49. The van der Waals surface area contributed by atoms with E-state index >= 15 is 0 Å². The highest BCUT2D eigenvalue weighted by Gasteiger charge is 2.30. The van der Waals surface area contributed by atoms with Crippen LogP contribution in [-0.4, -0.2) is 73.1 Å². The number of nitrogens with zero attached hydrogens (tertiary/aromatic N) is 3. The maximum atomic E-state index is 2.76. The first-order valence-corrected chi connectivity index (χ1v) is 7.76. The minimum Gasteiger partial charge on any atom is -0.304 e. The molecule has 2 saturated heterocycles. The van der Waals surface area contributed by atoms with Crippen LogP contribution < -0.4 is 0 Å². The van der Waals surface area contributed by atoms with Crippen molar-refractivity contribution in [3.8, 4) is 0 Å². The van der Waals surface area contributed by atoms with Crippen molar-refractivity contribution in [2.75, 3.05) is 46.3 Å². The fourth-order valence-electron chi connectivity index (χ4n) is 3.76. The summed E-state index contributed by atoms with van der Waals surface area (Å²) in [4.78, 5) is 7.82. The van der Waals surface area contributed by atoms with Gasteiger partial charge in [-0.05, 0) is 59.3 Å². The molecule has 106 valence electrons. The summed E-state index contributed by atoms with van der Waals surface area (Å²) >= 11 is 0. The van der Waals surface area contributed by atoms with Crippen molar-refractivity contribution in [3.05, 3.63) is 0 Å². The van der Waals surface area contributed by atoms with Crippen LogP contribution in [0.5, 0.6) is 0 Å². The molecule has 0 bridgehead atoms. The molecule has 18 heavy (non-hydrogen) atoms. The van der Waals surface area contributed by atoms with Gasteiger partial charge in [-0.15, -0.1) is 0 Å². The van der Waals surface area contributed by atoms with E-state index in [0.717, 1.165) is 18.0 Å². The number of hydrogen-bond donors (Lipinski definition) is 0. The van der Waals surface area contributed by atoms with E-state index in [1.807, 2.05) is 0 Å². The van der Waals surface area contributed by atoms with Crippen LogP contribution in [0.4, 0.5) is 0 Å². The smallest absolute Gasteiger partial charge is 0.0198 e. The quantitative estimate of drug-likeness (QED) is 0.758. The minimum absolute atomic E-state index is 0.725. The number of rotatable bonds is 3. The highest BCUT2D eigenvalue weighted by Crippen LogP contribution is 2.22. The van der Waals surface area contributed by atoms with E-state index in [4.69, 9.17) is 0 Å². The number of piperidine rings is 1. The van der Waals surface area contributed by atoms with Crippen LogP contribution in [0, 0.1) is 5.92 Å². The van der Waals surface area contributed by atoms with E-state index in [-0.39, 0.29) is 0 Å². The molecule has 2 atom stereocenters. The standard InChI is InChI=1S/C15H31N3/c1-5-17-8-6-15(7-9-17)12-18-13(2)10-16(4)11-14(18)3/h13-15H,5-12H2,1-4H3. The van der Waals surface area contributed by atoms with Gasteiger partial charge >= 0.3 is 0 Å². The molecule has 2 heterocycles. The summed E-state index contributed by atoms with van der Waals surface area (Å²) in [5.74, 6) is 0.932. The molecule has 2 aliphatic rings. The molecule has 0 aliphatic carbocycles. The zero-order valence-corrected chi connectivity index (χ0v) is 12.7. The van der Waals surface area contributed by atoms with Crippen molar-refractivity contribution in [2.45, 2.75) is 45.7 Å². The molecule has 0 amide bonds. The monoisotopic (exact) mass is 253 g/mol. The Hall–Kier alpha value is -0.120. The molecule has 0 aromatic rings. The lowest BCUT2D eigenvalue weighted by Crippen LogP contribution is -2.57. The lowest BCUT2D eigenvalue weighted by molar-refractivity contribution is 0.0289. The van der Waals surface area contributed by atoms with Crippen molar-refractivity contribution in [1.82, 2.24) is 14.7 Å². The average Bonchev–Trinajstić information content (AvgIpc) is 2.34. The SMILES string of the molecule is CCN1CCC(CN2C(C)CN(C)CC2C)CC1. The Bertz CT molecular complexity index is 236. The first-order chi connectivity index (χ1) is 8.60. The fraction of sp³-hybridized carbons (Fsp3) is 1.00. The molecule has 2 rings (SSSR count). The predicted molar refractivity (Wildman–Crippen MR) is 78.0 cm³/mol. The fourth-order valence-corrected chi connectivity index (χ4v) is 3.76. The molecule has 0 radical (unpaired) electrons. The third-order valence-electron chi connectivity index (χ3n) is 4.91. The summed E-state index contributed by atoms with van der Waals surface area (Å²) in [5.41, 5.74) is 0. The summed E-state index contributed by atoms with van der Waals surface area (Å²) < 4.78 is 0. The van der Waals surface area contributed by atoms with Gasteiger partial charge in [-0.1, -0.05) is 6.92 Å². The maximum Gasteiger partial charge on any atom is 0.0198 e. The molecule has 2 fully saturated rings. The lowest BCUT2D eigenvalue weighted by atomic mass is 9.94. The van der Waals surface area contributed by atoms with E-state index in [2.05, 4.69) is 42.5 Å². The highest BCUT2D eigenvalue weighted by molar-refractivity contribution is 4.86. The van der Waals surface area contributed by atoms with E-state index < -0.39 is 0 Å². The van der Waals surface area contributed by atoms with Gasteiger partial charge in [0.15, 0.2) is 0 Å². The predicted octanol–water partition coefficient (Wildman–Crippen LogP) is 1.74. The van der Waals surface area contributed by atoms with Gasteiger partial charge in [-0.25, -0.2) is 0 Å². The Balaban J connectivity index is 1.82. The van der Waals surface area contributed by atoms with Crippen molar-refractivity contribution >= 4 is 0 Å². The van der Waals surface area contributed by atoms with E-state index in [0.29, 0.717) is 0 Å². The largest absolute Gasteiger partial charge is 0.304 e. The van der Waals surface area contributed by atoms with Crippen LogP contribution in [0.25, 0.3) is 0 Å². The van der Waals surface area contributed by atoms with E-state index in [1.54, 1.807) is 0 Å². The molecule has 0 spiro atoms. The van der Waals surface area contributed by atoms with Gasteiger partial charge in [0.05, 0.1) is 0 Å². The Morgan fingerprint density at radius 3 is 2.06 bits per heavy atom. The van der Waals surface area contributed by atoms with Gasteiger partial charge in [0.2, 0.25) is 0 Å². The summed E-state index contributed by atoms with van der Waals surface area (Å²) in [6.07, 6.45) is 2.80. The molecule has 0 aromatic carbocycles. The Morgan fingerprint density at radius 1 is 1.00 bits per heavy atom. The zero-order chi connectivity index (χ0) is 13.1. The van der Waals surface area contributed by atoms with Crippen LogP contribution in [0.3, 0.4) is 0 Å². The van der Waals surface area contributed by atoms with Crippen LogP contribution in [0.1, 0.15) is 33.6 Å². The Labute approximate surface area is 113 Å². The third-order valence-corrected chi connectivity index (χ3v) is 4.91. The molecule has 0 N–H and O–H groups in total. The van der Waals surface area contributed by atoms with E-state index in [9.17, 15) is 0 Å². The molecule has 3 heteroatoms. The van der Waals surface area contributed by atoms with Gasteiger partial charge in [0.25, 0.3) is 0 Å². The first kappa shape index (κ1) is 14.3. The highest BCUT2D eigenvalue weighted by atomic mass is 15.3. The van der Waals surface area contributed by atoms with Crippen LogP contribution in [0.15, 0.2) is 0 Å². The Kier molecular flexibility index (Phi) is 5.05. The minimum atomic E-state index is 0.725. The van der Waals surface area contributed by atoms with Crippen molar-refractivity contribution < 1.29 is 0 Å². The van der Waals surface area contributed by atoms with Crippen molar-refractivity contribution in [3.63, 3.8) is 0 Å². The molecule has 0 saturated carbocycles. The number of likely N-dealkylation sites (tertiary alicyclic amines) is 1. The van der Waals surface area contributed by atoms with E-state index in [1.165, 1.54) is 52.1 Å². The maximum absolute atomic E-state index is 2.76. The lowest BCUT2D eigenvalue weighted by Gasteiger charge is -2.45. The van der Waals surface area contributed by atoms with Gasteiger partial charge in [0, 0.05) is 31.7 Å². The molecule has 3 nitrogen and oxygen atoms in total. The number of likely N-dealkylation sites (N-methyl/N-ethyl adjacent to an activating group) is 1.